The van der Waals surface area contributed by atoms with Gasteiger partial charge in [-0.3, -0.25) is 23.4 Å². The van der Waals surface area contributed by atoms with Gasteiger partial charge >= 0.3 is 7.12 Å². The Morgan fingerprint density at radius 3 is 1.29 bits per heavy atom. The molecular formula is C76H90BCl5N16O8S4. The third-order valence-electron chi connectivity index (χ3n) is 18.5. The highest BCUT2D eigenvalue weighted by Crippen LogP contribution is 2.45. The molecule has 3 aliphatic heterocycles. The van der Waals surface area contributed by atoms with Crippen molar-refractivity contribution in [2.24, 2.45) is 11.1 Å². The molecule has 7 aromatic heterocycles. The highest BCUT2D eigenvalue weighted by atomic mass is 35.5. The fourth-order valence-corrected chi connectivity index (χ4v) is 16.0. The third kappa shape index (κ3) is 22.5. The first-order valence-corrected chi connectivity index (χ1v) is 40.3. The number of nitrogens with zero attached hydrogens (tertiary/aromatic N) is 15. The van der Waals surface area contributed by atoms with Gasteiger partial charge in [0.25, 0.3) is 0 Å². The van der Waals surface area contributed by atoms with Crippen LogP contribution in [0.4, 0.5) is 5.82 Å². The van der Waals surface area contributed by atoms with Crippen LogP contribution in [0.25, 0.3) is 44.5 Å². The number of aliphatic hydroxyl groups is 5. The van der Waals surface area contributed by atoms with E-state index < -0.39 is 0 Å². The van der Waals surface area contributed by atoms with E-state index in [0.29, 0.717) is 58.0 Å². The summed E-state index contributed by atoms with van der Waals surface area (Å²) < 4.78 is 26.2. The number of thioether (sulfide) groups is 1. The summed E-state index contributed by atoms with van der Waals surface area (Å²) >= 11 is 40.6. The third-order valence-corrected chi connectivity index (χ3v) is 24.3. The van der Waals surface area contributed by atoms with Crippen molar-refractivity contribution >= 4 is 124 Å². The number of piperidine rings is 1. The Balaban J connectivity index is 0.000000151. The molecule has 3 saturated heterocycles. The van der Waals surface area contributed by atoms with E-state index in [9.17, 15) is 0 Å². The lowest BCUT2D eigenvalue weighted by atomic mass is 9.73. The number of ether oxygens (including phenoxy) is 1. The second kappa shape index (κ2) is 39.5. The number of anilines is 1. The summed E-state index contributed by atoms with van der Waals surface area (Å²) in [7, 11) is -0.382. The van der Waals surface area contributed by atoms with Crippen molar-refractivity contribution in [3.63, 3.8) is 0 Å². The quantitative estimate of drug-likeness (QED) is 0.0200. The summed E-state index contributed by atoms with van der Waals surface area (Å²) in [5.74, 6) is 0.885. The minimum Gasteiger partial charge on any atom is -0.399 e. The molecule has 11 aromatic rings. The summed E-state index contributed by atoms with van der Waals surface area (Å²) in [5.41, 5.74) is 14.1. The second-order valence-electron chi connectivity index (χ2n) is 27.9. The molecule has 3 fully saturated rings. The van der Waals surface area contributed by atoms with Gasteiger partial charge in [0.05, 0.1) is 159 Å². The highest BCUT2D eigenvalue weighted by molar-refractivity contribution is 8.00. The van der Waals surface area contributed by atoms with Gasteiger partial charge in [0.15, 0.2) is 0 Å². The van der Waals surface area contributed by atoms with E-state index in [1.807, 2.05) is 138 Å². The Bertz CT molecular complexity index is 4750. The first-order valence-electron chi connectivity index (χ1n) is 35.5. The predicted molar refractivity (Wildman–Crippen MR) is 442 cm³/mol. The first-order chi connectivity index (χ1) is 52.6. The number of nitrogens with two attached hydrogens (primary N) is 1. The molecule has 24 nitrogen and oxygen atoms in total. The largest absolute Gasteiger partial charge is 0.498 e. The van der Waals surface area contributed by atoms with Gasteiger partial charge in [0.2, 0.25) is 0 Å². The molecule has 110 heavy (non-hydrogen) atoms. The Labute approximate surface area is 684 Å². The minimum absolute atomic E-state index is 0.0405. The number of hydrogen-bond donors (Lipinski definition) is 7. The number of halogens is 5. The molecule has 0 radical (unpaired) electrons. The molecule has 0 amide bonds. The number of aromatic nitrogens is 14. The number of benzene rings is 4. The predicted octanol–water partition coefficient (Wildman–Crippen LogP) is 14.0. The topological polar surface area (TPSA) is 299 Å². The van der Waals surface area contributed by atoms with Crippen molar-refractivity contribution in [1.29, 1.82) is 0 Å². The van der Waals surface area contributed by atoms with Crippen LogP contribution in [-0.4, -0.2) is 182 Å². The number of rotatable bonds is 21. The maximum Gasteiger partial charge on any atom is 0.498 e. The summed E-state index contributed by atoms with van der Waals surface area (Å²) in [6.45, 7) is 21.9. The van der Waals surface area contributed by atoms with E-state index in [4.69, 9.17) is 103 Å². The van der Waals surface area contributed by atoms with Crippen molar-refractivity contribution in [3.05, 3.63) is 185 Å². The SMILES string of the molecule is CC(C)(C)Sc1cccc(-c2cnn(CCO)c2)c1Cl.CC1(C)OB(c2cnn(CCO)c2)OC1(C)C.C[C@@H]1OCC2(CCN(c3cnc(Sc4cccc(-c5cnn(CCO)c5)c4Cl)cn3)CC2)[C@@H]1N.OCCn1cc(-c2cccc(S)c2Cl)cn1.OCCn1cc(-c2cccc(Sc3cnc(Cl)cn3)c2Cl)cn1. The zero-order valence-electron chi connectivity index (χ0n) is 62.2. The van der Waals surface area contributed by atoms with Crippen molar-refractivity contribution in [3.8, 4) is 44.5 Å². The number of aliphatic hydroxyl groups excluding tert-OH is 5. The average molecular weight is 1670 g/mol. The molecule has 0 unspecified atom stereocenters. The zero-order chi connectivity index (χ0) is 78.9. The van der Waals surface area contributed by atoms with Crippen LogP contribution in [0.2, 0.25) is 25.2 Å². The molecule has 0 bridgehead atoms. The molecular weight excluding hydrogens is 1580 g/mol. The molecule has 3 aliphatic rings. The van der Waals surface area contributed by atoms with Crippen LogP contribution in [0.5, 0.6) is 0 Å². The fraction of sp³-hybridized carbons (Fsp3) is 0.382. The Morgan fingerprint density at radius 1 is 0.509 bits per heavy atom. The molecule has 4 aromatic carbocycles. The van der Waals surface area contributed by atoms with E-state index in [-0.39, 0.29) is 73.7 Å². The van der Waals surface area contributed by atoms with Crippen molar-refractivity contribution in [2.45, 2.75) is 159 Å². The average Bonchev–Trinajstić information content (AvgIpc) is 1.61. The lowest BCUT2D eigenvalue weighted by molar-refractivity contribution is 0.00578. The molecule has 1 spiro atoms. The lowest BCUT2D eigenvalue weighted by Crippen LogP contribution is -2.50. The highest BCUT2D eigenvalue weighted by Gasteiger charge is 2.52. The van der Waals surface area contributed by atoms with Crippen LogP contribution in [0.15, 0.2) is 189 Å². The van der Waals surface area contributed by atoms with E-state index in [1.165, 1.54) is 29.7 Å². The van der Waals surface area contributed by atoms with Crippen LogP contribution in [-0.2, 0) is 46.8 Å². The Hall–Kier alpha value is -6.56. The summed E-state index contributed by atoms with van der Waals surface area (Å²) in [6, 6.07) is 23.5. The molecule has 0 aliphatic carbocycles. The summed E-state index contributed by atoms with van der Waals surface area (Å²) in [5, 5.41) is 70.1. The lowest BCUT2D eigenvalue weighted by Gasteiger charge is -2.41. The van der Waals surface area contributed by atoms with Crippen LogP contribution >= 0.6 is 106 Å². The zero-order valence-corrected chi connectivity index (χ0v) is 69.3. The van der Waals surface area contributed by atoms with E-state index in [0.717, 1.165) is 118 Å². The Kier molecular flexibility index (Phi) is 30.8. The minimum atomic E-state index is -0.382. The summed E-state index contributed by atoms with van der Waals surface area (Å²) in [4.78, 5) is 23.4. The van der Waals surface area contributed by atoms with Gasteiger partial charge < -0.3 is 50.2 Å². The van der Waals surface area contributed by atoms with Crippen LogP contribution in [0.3, 0.4) is 0 Å². The van der Waals surface area contributed by atoms with Gasteiger partial charge in [-0.05, 0) is 71.7 Å². The first kappa shape index (κ1) is 85.9. The number of hydrogen-bond acceptors (Lipinski definition) is 23. The fourth-order valence-electron chi connectivity index (χ4n) is 11.9. The molecule has 2 atom stereocenters. The molecule has 0 saturated carbocycles. The van der Waals surface area contributed by atoms with Gasteiger partial charge in [-0.1, -0.05) is 151 Å². The van der Waals surface area contributed by atoms with Crippen molar-refractivity contribution in [1.82, 2.24) is 68.8 Å². The van der Waals surface area contributed by atoms with Crippen molar-refractivity contribution in [2.75, 3.05) is 57.6 Å². The van der Waals surface area contributed by atoms with Gasteiger partial charge in [-0.2, -0.15) is 25.5 Å². The van der Waals surface area contributed by atoms with Gasteiger partial charge in [-0.25, -0.2) is 19.9 Å². The molecule has 10 heterocycles. The van der Waals surface area contributed by atoms with Crippen molar-refractivity contribution < 1.29 is 39.6 Å². The second-order valence-corrected chi connectivity index (χ2v) is 34.3. The van der Waals surface area contributed by atoms with E-state index in [2.05, 4.69) is 90.7 Å². The van der Waals surface area contributed by atoms with E-state index in [1.54, 1.807) is 78.5 Å². The van der Waals surface area contributed by atoms with E-state index >= 15 is 0 Å². The van der Waals surface area contributed by atoms with Crippen LogP contribution in [0, 0.1) is 5.41 Å². The van der Waals surface area contributed by atoms with Crippen LogP contribution in [0.1, 0.15) is 68.2 Å². The maximum absolute atomic E-state index is 9.12. The van der Waals surface area contributed by atoms with Crippen LogP contribution < -0.4 is 16.1 Å². The Morgan fingerprint density at radius 2 is 0.900 bits per heavy atom. The molecule has 34 heteroatoms. The smallest absolute Gasteiger partial charge is 0.399 e. The maximum atomic E-state index is 9.12. The molecule has 14 rings (SSSR count). The monoisotopic (exact) mass is 1670 g/mol. The van der Waals surface area contributed by atoms with Gasteiger partial charge in [-0.15, -0.1) is 24.4 Å². The summed E-state index contributed by atoms with van der Waals surface area (Å²) in [6.07, 6.45) is 27.0. The van der Waals surface area contributed by atoms with Gasteiger partial charge in [0.1, 0.15) is 21.0 Å². The molecule has 584 valence electrons. The van der Waals surface area contributed by atoms with Gasteiger partial charge in [0, 0.05) is 136 Å². The molecule has 7 N–H and O–H groups in total. The normalized spacial score (nSPS) is 16.2. The number of thiol groups is 1. The standard InChI is InChI=1S/C24H29ClN6O2S.C15H12Cl2N4OS.C15H19ClN2OS.C11H19BN2O3.C11H11ClN2OS/c1-16-23(26)24(15-33-16)5-7-30(8-6-24)20-12-28-21(13-27-20)34-19-4-2-3-18(22(19)25)17-11-29-31(14-17)9-10-32;16-13-7-19-14(8-18-13)23-12-3-1-2-11(15(12)17)10-6-20-21(9-10)4-5-22;1-15(2,3)20-13-6-4-5-12(14(13)16)11-9-17-18(10-11)7-8-19;1-10(2)11(3,4)17-12(16-10)9-7-13-14(8-9)5-6-15;12-11-9(2-1-3-10(11)16)8-6-13-14(7-8)4-5-15/h2-4,11-14,16,23,32H,5-10,15,26H2,1H3;1-3,6-9,22H,4-5H2;4-6,9-10,19H,7-8H2,1-3H3;7-8,15H,5-6H2,1-4H3;1-3,6-7,15-16H,4-5H2/t16-,23+;;;;/m0..../s1.